The predicted molar refractivity (Wildman–Crippen MR) is 69.5 cm³/mol. The van der Waals surface area contributed by atoms with Crippen LogP contribution in [-0.2, 0) is 6.42 Å². The number of hydrogen-bond donors (Lipinski definition) is 1. The number of hydrogen-bond acceptors (Lipinski definition) is 1. The SMILES string of the molecule is CCc1ccc(C2C(C)C(N)C2(C)C)cc1. The molecule has 0 bridgehead atoms. The van der Waals surface area contributed by atoms with Crippen molar-refractivity contribution in [2.75, 3.05) is 0 Å². The second kappa shape index (κ2) is 3.89. The molecular weight excluding hydrogens is 194 g/mol. The fourth-order valence-electron chi connectivity index (χ4n) is 3.35. The molecule has 2 rings (SSSR count). The van der Waals surface area contributed by atoms with E-state index in [1.54, 1.807) is 0 Å². The van der Waals surface area contributed by atoms with Gasteiger partial charge in [-0.2, -0.15) is 0 Å². The first-order chi connectivity index (χ1) is 7.48. The van der Waals surface area contributed by atoms with E-state index in [0.717, 1.165) is 6.42 Å². The Kier molecular flexibility index (Phi) is 2.83. The highest BCUT2D eigenvalue weighted by atomic mass is 14.8. The molecule has 1 fully saturated rings. The van der Waals surface area contributed by atoms with E-state index in [9.17, 15) is 0 Å². The lowest BCUT2D eigenvalue weighted by Gasteiger charge is -2.56. The maximum Gasteiger partial charge on any atom is 0.0128 e. The van der Waals surface area contributed by atoms with E-state index in [-0.39, 0.29) is 5.41 Å². The molecule has 0 aromatic heterocycles. The first-order valence-electron chi connectivity index (χ1n) is 6.33. The number of aryl methyl sites for hydroxylation is 1. The summed E-state index contributed by atoms with van der Waals surface area (Å²) in [5.41, 5.74) is 9.30. The zero-order valence-corrected chi connectivity index (χ0v) is 10.8. The Morgan fingerprint density at radius 2 is 1.75 bits per heavy atom. The van der Waals surface area contributed by atoms with E-state index in [1.807, 2.05) is 0 Å². The minimum absolute atomic E-state index is 0.243. The molecule has 3 unspecified atom stereocenters. The molecule has 2 N–H and O–H groups in total. The maximum atomic E-state index is 6.18. The Hall–Kier alpha value is -0.820. The van der Waals surface area contributed by atoms with Crippen molar-refractivity contribution in [2.45, 2.75) is 46.1 Å². The zero-order valence-electron chi connectivity index (χ0n) is 10.8. The molecule has 1 aromatic rings. The molecule has 1 aromatic carbocycles. The molecule has 0 saturated heterocycles. The van der Waals surface area contributed by atoms with Crippen LogP contribution in [0, 0.1) is 11.3 Å². The fraction of sp³-hybridized carbons (Fsp3) is 0.600. The molecule has 0 aliphatic heterocycles. The van der Waals surface area contributed by atoms with Gasteiger partial charge in [-0.25, -0.2) is 0 Å². The van der Waals surface area contributed by atoms with Gasteiger partial charge in [-0.3, -0.25) is 0 Å². The summed E-state index contributed by atoms with van der Waals surface area (Å²) in [7, 11) is 0. The third-order valence-corrected chi connectivity index (χ3v) is 4.50. The lowest BCUT2D eigenvalue weighted by atomic mass is 9.51. The van der Waals surface area contributed by atoms with Crippen LogP contribution in [0.25, 0.3) is 0 Å². The predicted octanol–water partition coefficient (Wildman–Crippen LogP) is 3.34. The van der Waals surface area contributed by atoms with Gasteiger partial charge in [-0.15, -0.1) is 0 Å². The molecular formula is C15H23N. The molecule has 0 spiro atoms. The average Bonchev–Trinajstić information content (AvgIpc) is 2.29. The number of rotatable bonds is 2. The highest BCUT2D eigenvalue weighted by molar-refractivity contribution is 5.31. The highest BCUT2D eigenvalue weighted by Gasteiger charge is 2.52. The van der Waals surface area contributed by atoms with Crippen molar-refractivity contribution in [1.29, 1.82) is 0 Å². The van der Waals surface area contributed by atoms with E-state index in [0.29, 0.717) is 17.9 Å². The van der Waals surface area contributed by atoms with Gasteiger partial charge in [0.2, 0.25) is 0 Å². The number of nitrogens with two attached hydrogens (primary N) is 1. The van der Waals surface area contributed by atoms with Crippen molar-refractivity contribution in [3.05, 3.63) is 35.4 Å². The number of benzene rings is 1. The van der Waals surface area contributed by atoms with Gasteiger partial charge in [0.05, 0.1) is 0 Å². The Morgan fingerprint density at radius 1 is 1.19 bits per heavy atom. The summed E-state index contributed by atoms with van der Waals surface area (Å²) in [6.07, 6.45) is 1.11. The molecule has 1 heteroatoms. The molecule has 0 amide bonds. The van der Waals surface area contributed by atoms with Gasteiger partial charge in [0, 0.05) is 6.04 Å². The summed E-state index contributed by atoms with van der Waals surface area (Å²) in [5.74, 6) is 1.22. The normalized spacial score (nSPS) is 32.2. The Bertz CT molecular complexity index is 364. The van der Waals surface area contributed by atoms with Crippen LogP contribution in [0.2, 0.25) is 0 Å². The highest BCUT2D eigenvalue weighted by Crippen LogP contribution is 2.55. The molecule has 0 heterocycles. The molecule has 0 radical (unpaired) electrons. The van der Waals surface area contributed by atoms with Crippen molar-refractivity contribution >= 4 is 0 Å². The molecule has 1 saturated carbocycles. The van der Waals surface area contributed by atoms with Crippen molar-refractivity contribution in [3.63, 3.8) is 0 Å². The molecule has 1 aliphatic carbocycles. The Morgan fingerprint density at radius 3 is 2.19 bits per heavy atom. The summed E-state index contributed by atoms with van der Waals surface area (Å²) < 4.78 is 0. The second-order valence-electron chi connectivity index (χ2n) is 5.78. The molecule has 88 valence electrons. The summed E-state index contributed by atoms with van der Waals surface area (Å²) in [6, 6.07) is 9.41. The van der Waals surface area contributed by atoms with E-state index >= 15 is 0 Å². The summed E-state index contributed by atoms with van der Waals surface area (Å²) >= 11 is 0. The van der Waals surface area contributed by atoms with Crippen molar-refractivity contribution < 1.29 is 0 Å². The van der Waals surface area contributed by atoms with E-state index < -0.39 is 0 Å². The maximum absolute atomic E-state index is 6.18. The zero-order chi connectivity index (χ0) is 11.9. The van der Waals surface area contributed by atoms with Crippen molar-refractivity contribution in [3.8, 4) is 0 Å². The second-order valence-corrected chi connectivity index (χ2v) is 5.78. The van der Waals surface area contributed by atoms with E-state index in [2.05, 4.69) is 52.0 Å². The third-order valence-electron chi connectivity index (χ3n) is 4.50. The summed E-state index contributed by atoms with van der Waals surface area (Å²) in [4.78, 5) is 0. The van der Waals surface area contributed by atoms with Crippen LogP contribution in [0.5, 0.6) is 0 Å². The third kappa shape index (κ3) is 1.58. The first-order valence-corrected chi connectivity index (χ1v) is 6.33. The Labute approximate surface area is 99.0 Å². The molecule has 3 atom stereocenters. The van der Waals surface area contributed by atoms with Gasteiger partial charge < -0.3 is 5.73 Å². The monoisotopic (exact) mass is 217 g/mol. The lowest BCUT2D eigenvalue weighted by molar-refractivity contribution is 0.0255. The smallest absolute Gasteiger partial charge is 0.0128 e. The summed E-state index contributed by atoms with van der Waals surface area (Å²) in [6.45, 7) is 9.04. The van der Waals surface area contributed by atoms with Crippen LogP contribution in [-0.4, -0.2) is 6.04 Å². The van der Waals surface area contributed by atoms with Crippen LogP contribution in [0.3, 0.4) is 0 Å². The van der Waals surface area contributed by atoms with Crippen molar-refractivity contribution in [2.24, 2.45) is 17.1 Å². The molecule has 16 heavy (non-hydrogen) atoms. The minimum Gasteiger partial charge on any atom is -0.327 e. The standard InChI is InChI=1S/C15H23N/c1-5-11-6-8-12(9-7-11)13-10(2)14(16)15(13,3)4/h6-10,13-14H,5,16H2,1-4H3. The molecule has 1 aliphatic rings. The van der Waals surface area contributed by atoms with Crippen LogP contribution < -0.4 is 5.73 Å². The van der Waals surface area contributed by atoms with Gasteiger partial charge in [-0.1, -0.05) is 52.0 Å². The minimum atomic E-state index is 0.243. The van der Waals surface area contributed by atoms with E-state index in [1.165, 1.54) is 11.1 Å². The summed E-state index contributed by atoms with van der Waals surface area (Å²) in [5, 5.41) is 0. The van der Waals surface area contributed by atoms with Crippen LogP contribution >= 0.6 is 0 Å². The van der Waals surface area contributed by atoms with Crippen LogP contribution in [0.4, 0.5) is 0 Å². The van der Waals surface area contributed by atoms with Gasteiger partial charge >= 0.3 is 0 Å². The van der Waals surface area contributed by atoms with Crippen molar-refractivity contribution in [1.82, 2.24) is 0 Å². The van der Waals surface area contributed by atoms with Gasteiger partial charge in [0.25, 0.3) is 0 Å². The lowest BCUT2D eigenvalue weighted by Crippen LogP contribution is -2.59. The van der Waals surface area contributed by atoms with Gasteiger partial charge in [0.15, 0.2) is 0 Å². The van der Waals surface area contributed by atoms with Crippen LogP contribution in [0.1, 0.15) is 44.7 Å². The Balaban J connectivity index is 2.24. The average molecular weight is 217 g/mol. The topological polar surface area (TPSA) is 26.0 Å². The largest absolute Gasteiger partial charge is 0.327 e. The van der Waals surface area contributed by atoms with E-state index in [4.69, 9.17) is 5.73 Å². The quantitative estimate of drug-likeness (QED) is 0.808. The van der Waals surface area contributed by atoms with Crippen LogP contribution in [0.15, 0.2) is 24.3 Å². The van der Waals surface area contributed by atoms with Gasteiger partial charge in [0.1, 0.15) is 0 Å². The fourth-order valence-corrected chi connectivity index (χ4v) is 3.35. The first kappa shape index (κ1) is 11.7. The molecule has 1 nitrogen and oxygen atoms in total. The van der Waals surface area contributed by atoms with Gasteiger partial charge in [-0.05, 0) is 34.8 Å².